The molecule has 0 amide bonds. The normalized spacial score (nSPS) is 10.5. The Bertz CT molecular complexity index is 635. The average molecular weight is 251 g/mol. The van der Waals surface area contributed by atoms with Gasteiger partial charge in [0.05, 0.1) is 5.69 Å². The van der Waals surface area contributed by atoms with Crippen LogP contribution in [0.1, 0.15) is 11.3 Å². The van der Waals surface area contributed by atoms with E-state index < -0.39 is 0 Å². The predicted octanol–water partition coefficient (Wildman–Crippen LogP) is 2.21. The minimum atomic E-state index is -0.298. The molecule has 2 heterocycles. The molecular weight excluding hydrogens is 240 g/mol. The first-order valence-corrected chi connectivity index (χ1v) is 5.42. The Morgan fingerprint density at radius 1 is 1.35 bits per heavy atom. The van der Waals surface area contributed by atoms with E-state index in [9.17, 15) is 9.90 Å². The van der Waals surface area contributed by atoms with Gasteiger partial charge in [0, 0.05) is 23.5 Å². The summed E-state index contributed by atoms with van der Waals surface area (Å²) in [6.45, 7) is 3.54. The van der Waals surface area contributed by atoms with Gasteiger partial charge < -0.3 is 5.11 Å². The molecule has 2 aromatic heterocycles. The van der Waals surface area contributed by atoms with E-state index >= 15 is 0 Å². The highest BCUT2D eigenvalue weighted by atomic mass is 35.5. The molecule has 0 aliphatic heterocycles. The van der Waals surface area contributed by atoms with Crippen molar-refractivity contribution in [3.8, 4) is 11.4 Å². The lowest BCUT2D eigenvalue weighted by Crippen LogP contribution is -2.20. The second-order valence-corrected chi connectivity index (χ2v) is 4.13. The number of aryl methyl sites for hydroxylation is 1. The first kappa shape index (κ1) is 11.7. The van der Waals surface area contributed by atoms with Crippen LogP contribution in [-0.4, -0.2) is 14.7 Å². The molecule has 0 aromatic carbocycles. The third-order valence-corrected chi connectivity index (χ3v) is 2.94. The summed E-state index contributed by atoms with van der Waals surface area (Å²) in [5.74, 6) is -0.0402. The first-order valence-electron chi connectivity index (χ1n) is 5.05. The molecule has 5 heteroatoms. The fraction of sp³-hybridized carbons (Fsp3) is 0.167. The third kappa shape index (κ3) is 2.03. The molecular formula is C12H11ClN2O2. The maximum Gasteiger partial charge on any atom is 0.258 e. The molecule has 0 aliphatic rings. The Hall–Kier alpha value is -1.81. The highest BCUT2D eigenvalue weighted by Gasteiger charge is 2.10. The fourth-order valence-electron chi connectivity index (χ4n) is 1.74. The van der Waals surface area contributed by atoms with Crippen LogP contribution in [0, 0.1) is 13.8 Å². The van der Waals surface area contributed by atoms with E-state index in [1.807, 2.05) is 0 Å². The molecule has 17 heavy (non-hydrogen) atoms. The third-order valence-electron chi connectivity index (χ3n) is 2.56. The Morgan fingerprint density at radius 3 is 2.71 bits per heavy atom. The second-order valence-electron chi connectivity index (χ2n) is 3.77. The van der Waals surface area contributed by atoms with Crippen LogP contribution in [0.25, 0.3) is 5.69 Å². The van der Waals surface area contributed by atoms with E-state index in [2.05, 4.69) is 4.98 Å². The maximum atomic E-state index is 11.9. The molecule has 4 nitrogen and oxygen atoms in total. The molecule has 0 spiro atoms. The summed E-state index contributed by atoms with van der Waals surface area (Å²) >= 11 is 5.92. The number of rotatable bonds is 1. The zero-order valence-electron chi connectivity index (χ0n) is 9.44. The second kappa shape index (κ2) is 4.22. The predicted molar refractivity (Wildman–Crippen MR) is 66.0 cm³/mol. The Morgan fingerprint density at radius 2 is 2.06 bits per heavy atom. The van der Waals surface area contributed by atoms with Crippen LogP contribution in [0.15, 0.2) is 29.2 Å². The van der Waals surface area contributed by atoms with Gasteiger partial charge in [-0.2, -0.15) is 0 Å². The molecule has 0 saturated heterocycles. The topological polar surface area (TPSA) is 55.1 Å². The molecule has 0 radical (unpaired) electrons. The van der Waals surface area contributed by atoms with Gasteiger partial charge in [-0.05, 0) is 26.0 Å². The number of aromatic hydroxyl groups is 1. The zero-order chi connectivity index (χ0) is 12.6. The van der Waals surface area contributed by atoms with Crippen molar-refractivity contribution in [3.63, 3.8) is 0 Å². The highest BCUT2D eigenvalue weighted by Crippen LogP contribution is 2.20. The smallest absolute Gasteiger partial charge is 0.258 e. The molecule has 88 valence electrons. The van der Waals surface area contributed by atoms with Gasteiger partial charge in [-0.1, -0.05) is 11.6 Å². The molecule has 0 bridgehead atoms. The standard InChI is InChI=1S/C12H11ClN2O2/c1-7-5-9(16)6-11(17)15(7)10-3-4-14-12(13)8(10)2/h3-6,16H,1-2H3. The zero-order valence-corrected chi connectivity index (χ0v) is 10.2. The summed E-state index contributed by atoms with van der Waals surface area (Å²) in [6.07, 6.45) is 1.55. The van der Waals surface area contributed by atoms with Gasteiger partial charge >= 0.3 is 0 Å². The SMILES string of the molecule is Cc1c(-n2c(C)cc(O)cc2=O)ccnc1Cl. The monoisotopic (exact) mass is 250 g/mol. The number of hydrogen-bond donors (Lipinski definition) is 1. The number of pyridine rings is 2. The molecule has 1 N–H and O–H groups in total. The minimum absolute atomic E-state index is 0.0402. The molecule has 2 aromatic rings. The maximum absolute atomic E-state index is 11.9. The molecule has 0 atom stereocenters. The van der Waals surface area contributed by atoms with Crippen LogP contribution in [0.4, 0.5) is 0 Å². The Labute approximate surface area is 103 Å². The van der Waals surface area contributed by atoms with Crippen molar-refractivity contribution in [2.24, 2.45) is 0 Å². The number of nitrogens with zero attached hydrogens (tertiary/aromatic N) is 2. The quantitative estimate of drug-likeness (QED) is 0.790. The number of hydrogen-bond acceptors (Lipinski definition) is 3. The van der Waals surface area contributed by atoms with Gasteiger partial charge in [0.15, 0.2) is 0 Å². The van der Waals surface area contributed by atoms with E-state index in [0.717, 1.165) is 5.56 Å². The van der Waals surface area contributed by atoms with Crippen molar-refractivity contribution >= 4 is 11.6 Å². The molecule has 0 unspecified atom stereocenters. The lowest BCUT2D eigenvalue weighted by atomic mass is 10.2. The molecule has 0 saturated carbocycles. The average Bonchev–Trinajstić information content (AvgIpc) is 2.23. The van der Waals surface area contributed by atoms with E-state index in [4.69, 9.17) is 11.6 Å². The van der Waals surface area contributed by atoms with Gasteiger partial charge in [0.2, 0.25) is 0 Å². The minimum Gasteiger partial charge on any atom is -0.508 e. The summed E-state index contributed by atoms with van der Waals surface area (Å²) in [4.78, 5) is 15.8. The lowest BCUT2D eigenvalue weighted by Gasteiger charge is -2.12. The van der Waals surface area contributed by atoms with Crippen LogP contribution in [0.3, 0.4) is 0 Å². The van der Waals surface area contributed by atoms with Crippen molar-refractivity contribution in [2.45, 2.75) is 13.8 Å². The highest BCUT2D eigenvalue weighted by molar-refractivity contribution is 6.30. The van der Waals surface area contributed by atoms with Gasteiger partial charge in [0.25, 0.3) is 5.56 Å². The summed E-state index contributed by atoms with van der Waals surface area (Å²) in [7, 11) is 0. The fourth-order valence-corrected chi connectivity index (χ4v) is 1.89. The van der Waals surface area contributed by atoms with Crippen LogP contribution in [0.5, 0.6) is 5.75 Å². The summed E-state index contributed by atoms with van der Waals surface area (Å²) in [5, 5.41) is 9.70. The summed E-state index contributed by atoms with van der Waals surface area (Å²) in [6, 6.07) is 4.41. The van der Waals surface area contributed by atoms with Crippen LogP contribution in [-0.2, 0) is 0 Å². The number of aromatic nitrogens is 2. The largest absolute Gasteiger partial charge is 0.508 e. The molecule has 2 rings (SSSR count). The molecule has 0 fully saturated rings. The van der Waals surface area contributed by atoms with Crippen molar-refractivity contribution in [1.29, 1.82) is 0 Å². The Kier molecular flexibility index (Phi) is 2.90. The summed E-state index contributed by atoms with van der Waals surface area (Å²) < 4.78 is 1.49. The van der Waals surface area contributed by atoms with Crippen molar-refractivity contribution in [2.75, 3.05) is 0 Å². The van der Waals surface area contributed by atoms with Crippen LogP contribution >= 0.6 is 11.6 Å². The van der Waals surface area contributed by atoms with E-state index in [-0.39, 0.29) is 11.3 Å². The van der Waals surface area contributed by atoms with Crippen LogP contribution in [0.2, 0.25) is 5.15 Å². The van der Waals surface area contributed by atoms with Crippen molar-refractivity contribution in [1.82, 2.24) is 9.55 Å². The van der Waals surface area contributed by atoms with Crippen molar-refractivity contribution in [3.05, 3.63) is 51.2 Å². The van der Waals surface area contributed by atoms with Crippen LogP contribution < -0.4 is 5.56 Å². The van der Waals surface area contributed by atoms with Crippen molar-refractivity contribution < 1.29 is 5.11 Å². The van der Waals surface area contributed by atoms with E-state index in [0.29, 0.717) is 16.5 Å². The van der Waals surface area contributed by atoms with Gasteiger partial charge in [0.1, 0.15) is 10.9 Å². The van der Waals surface area contributed by atoms with Gasteiger partial charge in [-0.3, -0.25) is 9.36 Å². The Balaban J connectivity index is 2.78. The van der Waals surface area contributed by atoms with Gasteiger partial charge in [-0.25, -0.2) is 4.98 Å². The summed E-state index contributed by atoms with van der Waals surface area (Å²) in [5.41, 5.74) is 1.74. The first-order chi connectivity index (χ1) is 8.00. The lowest BCUT2D eigenvalue weighted by molar-refractivity contribution is 0.472. The number of halogens is 1. The van der Waals surface area contributed by atoms with E-state index in [1.165, 1.54) is 16.7 Å². The molecule has 0 aliphatic carbocycles. The van der Waals surface area contributed by atoms with E-state index in [1.54, 1.807) is 26.1 Å². The van der Waals surface area contributed by atoms with Gasteiger partial charge in [-0.15, -0.1) is 0 Å².